The highest BCUT2D eigenvalue weighted by Crippen LogP contribution is 2.54. The molecule has 0 aromatic heterocycles. The van der Waals surface area contributed by atoms with Crippen LogP contribution in [0.15, 0.2) is 54.6 Å². The molecule has 0 unspecified atom stereocenters. The molecule has 0 saturated carbocycles. The van der Waals surface area contributed by atoms with Gasteiger partial charge in [0.2, 0.25) is 41.1 Å². The highest BCUT2D eigenvalue weighted by atomic mass is 16.7. The van der Waals surface area contributed by atoms with Crippen LogP contribution in [0.1, 0.15) is 62.1 Å². The molecule has 0 radical (unpaired) electrons. The van der Waals surface area contributed by atoms with Crippen molar-refractivity contribution in [2.45, 2.75) is 30.7 Å². The van der Waals surface area contributed by atoms with E-state index in [2.05, 4.69) is 0 Å². The Morgan fingerprint density at radius 3 is 1.39 bits per heavy atom. The summed E-state index contributed by atoms with van der Waals surface area (Å²) in [6.07, 6.45) is -13.3. The van der Waals surface area contributed by atoms with Crippen LogP contribution in [0.2, 0.25) is 0 Å². The van der Waals surface area contributed by atoms with Crippen LogP contribution in [0.3, 0.4) is 0 Å². The molecular weight excluding hydrogens is 1070 g/mol. The van der Waals surface area contributed by atoms with Gasteiger partial charge in [0, 0.05) is 17.2 Å². The van der Waals surface area contributed by atoms with Crippen molar-refractivity contribution < 1.29 is 154 Å². The van der Waals surface area contributed by atoms with Crippen molar-refractivity contribution in [3.63, 3.8) is 0 Å². The van der Waals surface area contributed by atoms with Crippen molar-refractivity contribution in [1.29, 1.82) is 0 Å². The molecule has 0 aliphatic carbocycles. The predicted molar refractivity (Wildman–Crippen MR) is 245 cm³/mol. The van der Waals surface area contributed by atoms with Crippen LogP contribution in [0.5, 0.6) is 109 Å². The van der Waals surface area contributed by atoms with Crippen molar-refractivity contribution in [3.05, 3.63) is 88.0 Å². The number of rotatable bonds is 9. The van der Waals surface area contributed by atoms with Gasteiger partial charge in [-0.15, -0.1) is 0 Å². The Bertz CT molecular complexity index is 3580. The molecule has 0 amide bonds. The van der Waals surface area contributed by atoms with E-state index in [9.17, 15) is 121 Å². The summed E-state index contributed by atoms with van der Waals surface area (Å²) in [6, 6.07) is 3.95. The van der Waals surface area contributed by atoms with Crippen molar-refractivity contribution in [3.8, 4) is 120 Å². The molecule has 31 heteroatoms. The van der Waals surface area contributed by atoms with Gasteiger partial charge < -0.3 is 125 Å². The normalized spacial score (nSPS) is 17.7. The molecule has 2 heterocycles. The first kappa shape index (κ1) is 53.8. The number of carboxylic acids is 1. The molecule has 2 bridgehead atoms. The minimum atomic E-state index is -2.85. The fraction of sp³-hybridized carbons (Fsp3) is 0.125. The summed E-state index contributed by atoms with van der Waals surface area (Å²) in [5.74, 6) is -36.2. The third-order valence-corrected chi connectivity index (χ3v) is 11.7. The van der Waals surface area contributed by atoms with Crippen molar-refractivity contribution in [1.82, 2.24) is 0 Å². The Labute approximate surface area is 434 Å². The number of esters is 5. The van der Waals surface area contributed by atoms with Crippen molar-refractivity contribution >= 4 is 35.8 Å². The first-order valence-corrected chi connectivity index (χ1v) is 21.6. The van der Waals surface area contributed by atoms with Gasteiger partial charge in [-0.3, -0.25) is 0 Å². The number of fused-ring (bicyclic) bond motifs is 5. The zero-order chi connectivity index (χ0) is 58.0. The Hall–Kier alpha value is -11.5. The van der Waals surface area contributed by atoms with Gasteiger partial charge >= 0.3 is 35.8 Å². The van der Waals surface area contributed by atoms with Gasteiger partial charge in [-0.1, -0.05) is 0 Å². The summed E-state index contributed by atoms with van der Waals surface area (Å²) in [5.41, 5.74) is -8.66. The van der Waals surface area contributed by atoms with Gasteiger partial charge in [0.15, 0.2) is 92.7 Å². The van der Waals surface area contributed by atoms with E-state index in [0.717, 1.165) is 0 Å². The number of aromatic hydroxyl groups is 17. The topological polar surface area (TPSA) is 531 Å². The fourth-order valence-electron chi connectivity index (χ4n) is 7.83. The Balaban J connectivity index is 1.37. The van der Waals surface area contributed by atoms with E-state index >= 15 is 0 Å². The molecule has 79 heavy (non-hydrogen) atoms. The summed E-state index contributed by atoms with van der Waals surface area (Å²) in [6.45, 7) is -1.41. The molecule has 2 aliphatic heterocycles. The number of benzene rings is 6. The molecule has 18 N–H and O–H groups in total. The number of aromatic carboxylic acids is 1. The smallest absolute Gasteiger partial charge is 0.342 e. The van der Waals surface area contributed by atoms with E-state index in [1.807, 2.05) is 0 Å². The van der Waals surface area contributed by atoms with Crippen LogP contribution in [-0.4, -0.2) is 165 Å². The van der Waals surface area contributed by atoms with Crippen LogP contribution in [0, 0.1) is 0 Å². The maximum atomic E-state index is 14.9. The first-order chi connectivity index (χ1) is 37.1. The Kier molecular flexibility index (Phi) is 13.6. The molecule has 0 spiro atoms. The molecule has 1 saturated heterocycles. The maximum Gasteiger partial charge on any atom is 0.342 e. The van der Waals surface area contributed by atoms with Crippen LogP contribution < -0.4 is 4.74 Å². The number of hydrogen-bond donors (Lipinski definition) is 18. The number of ether oxygens (including phenoxy) is 7. The van der Waals surface area contributed by atoms with Gasteiger partial charge in [0.1, 0.15) is 18.3 Å². The third kappa shape index (κ3) is 9.63. The quantitative estimate of drug-likeness (QED) is 0.0562. The van der Waals surface area contributed by atoms with Crippen LogP contribution >= 0.6 is 0 Å². The number of carbonyl (C=O) groups excluding carboxylic acids is 5. The molecule has 31 nitrogen and oxygen atoms in total. The highest BCUT2D eigenvalue weighted by molar-refractivity contribution is 6.08. The first-order valence-electron chi connectivity index (χ1n) is 21.6. The predicted octanol–water partition coefficient (Wildman–Crippen LogP) is 2.57. The van der Waals surface area contributed by atoms with Gasteiger partial charge in [0.05, 0.1) is 27.8 Å². The third-order valence-electron chi connectivity index (χ3n) is 11.7. The lowest BCUT2D eigenvalue weighted by Gasteiger charge is -2.44. The van der Waals surface area contributed by atoms with Crippen LogP contribution in [-0.2, 0) is 28.4 Å². The molecule has 6 aromatic carbocycles. The number of phenolic OH excluding ortho intramolecular Hbond substituents is 17. The largest absolute Gasteiger partial charge is 0.504 e. The number of cyclic esters (lactones) is 1. The monoisotopic (exact) mass is 1110 g/mol. The number of carboxylic acid groups (broad SMARTS) is 1. The second kappa shape index (κ2) is 20.0. The molecule has 2 aliphatic rings. The highest BCUT2D eigenvalue weighted by Gasteiger charge is 2.56. The zero-order valence-electron chi connectivity index (χ0n) is 38.6. The minimum absolute atomic E-state index is 0.263. The van der Waals surface area contributed by atoms with E-state index in [0.29, 0.717) is 42.5 Å². The van der Waals surface area contributed by atoms with E-state index < -0.39 is 227 Å². The average Bonchev–Trinajstić information content (AvgIpc) is 3.42. The summed E-state index contributed by atoms with van der Waals surface area (Å²) in [5, 5.41) is 189. The van der Waals surface area contributed by atoms with E-state index in [1.165, 1.54) is 0 Å². The molecule has 8 rings (SSSR count). The van der Waals surface area contributed by atoms with E-state index in [-0.39, 0.29) is 12.1 Å². The molecule has 412 valence electrons. The van der Waals surface area contributed by atoms with Crippen molar-refractivity contribution in [2.75, 3.05) is 6.61 Å². The second-order valence-electron chi connectivity index (χ2n) is 16.6. The Morgan fingerprint density at radius 2 is 0.873 bits per heavy atom. The number of phenols is 17. The molecule has 1 fully saturated rings. The van der Waals surface area contributed by atoms with E-state index in [1.54, 1.807) is 0 Å². The lowest BCUT2D eigenvalue weighted by molar-refractivity contribution is -0.282. The second-order valence-corrected chi connectivity index (χ2v) is 16.6. The minimum Gasteiger partial charge on any atom is -0.504 e. The maximum absolute atomic E-state index is 14.9. The van der Waals surface area contributed by atoms with Crippen LogP contribution in [0.4, 0.5) is 0 Å². The lowest BCUT2D eigenvalue weighted by atomic mass is 9.91. The van der Waals surface area contributed by atoms with E-state index in [4.69, 9.17) is 33.2 Å². The Morgan fingerprint density at radius 1 is 0.443 bits per heavy atom. The SMILES string of the molecule is O=C(O)c1cc(O)c(O)c(Oc2c(C(=O)O[C@H]3[C@@H](OC(=O)c4cc(O)c(O)c(O)c4)O[C@@H]4COC(=O)c5cc(O)c(O)c(O)c5-c5c(cc(O)c(O)c5O)C(=O)O[C@H]3[C@@H]4OC(=O)c3cc(O)c(O)c(O)c3)cc(O)c(O)c2O)c1. The number of carbonyl (C=O) groups is 6. The van der Waals surface area contributed by atoms with Gasteiger partial charge in [0.25, 0.3) is 0 Å². The van der Waals surface area contributed by atoms with Crippen LogP contribution in [0.25, 0.3) is 11.1 Å². The zero-order valence-corrected chi connectivity index (χ0v) is 38.6. The standard InChI is InChI=1S/C48H34O31/c49-17-2-12(3-18(50)29(17)57)43(68)76-39-26-10-73-45(70)14-7-22(54)32(60)35(63)27(14)28-15(8-23(55)33(61)36(28)64)46(71)77-40(39)41(48(75-26)79-44(69)13-4-19(51)30(58)20(52)5-13)78-47(72)16-9-24(56)34(62)37(65)38(16)74-25-6-11(42(66)67)1-21(53)31(25)59/h1-9,26,39-41,48-65H,10H2,(H,66,67)/t26-,39-,40+,41-,48-/m1/s1. The molecule has 6 aromatic rings. The van der Waals surface area contributed by atoms with Gasteiger partial charge in [-0.05, 0) is 48.5 Å². The molecular formula is C48H34O31. The summed E-state index contributed by atoms with van der Waals surface area (Å²) < 4.78 is 39.2. The summed E-state index contributed by atoms with van der Waals surface area (Å²) in [4.78, 5) is 83.5. The summed E-state index contributed by atoms with van der Waals surface area (Å²) in [7, 11) is 0. The number of hydrogen-bond acceptors (Lipinski definition) is 30. The van der Waals surface area contributed by atoms with Gasteiger partial charge in [-0.2, -0.15) is 0 Å². The fourth-order valence-corrected chi connectivity index (χ4v) is 7.83. The average molecular weight is 1110 g/mol. The van der Waals surface area contributed by atoms with Crippen molar-refractivity contribution in [2.24, 2.45) is 0 Å². The van der Waals surface area contributed by atoms with Gasteiger partial charge in [-0.25, -0.2) is 28.8 Å². The molecule has 5 atom stereocenters. The lowest BCUT2D eigenvalue weighted by Crippen LogP contribution is -2.63. The summed E-state index contributed by atoms with van der Waals surface area (Å²) >= 11 is 0.